The number of allylic oxidation sites excluding steroid dienone is 1. The highest BCUT2D eigenvalue weighted by atomic mass is 16.7. The largest absolute Gasteiger partial charge is 0.508 e. The van der Waals surface area contributed by atoms with Crippen LogP contribution < -0.4 is 0 Å². The number of rotatable bonds is 8. The van der Waals surface area contributed by atoms with Crippen LogP contribution in [0.5, 0.6) is 0 Å². The molecule has 3 saturated carbocycles. The van der Waals surface area contributed by atoms with E-state index in [1.165, 1.54) is 51.4 Å². The van der Waals surface area contributed by atoms with Gasteiger partial charge in [0.1, 0.15) is 6.10 Å². The Morgan fingerprint density at radius 1 is 1.06 bits per heavy atom. The minimum Gasteiger partial charge on any atom is -0.434 e. The highest BCUT2D eigenvalue weighted by molar-refractivity contribution is 5.60. The van der Waals surface area contributed by atoms with E-state index >= 15 is 0 Å². The third-order valence-corrected chi connectivity index (χ3v) is 10.9. The maximum Gasteiger partial charge on any atom is 0.508 e. The van der Waals surface area contributed by atoms with Crippen molar-refractivity contribution in [3.05, 3.63) is 11.6 Å². The van der Waals surface area contributed by atoms with Crippen molar-refractivity contribution < 1.29 is 14.3 Å². The van der Waals surface area contributed by atoms with Crippen molar-refractivity contribution in [2.24, 2.45) is 46.3 Å². The lowest BCUT2D eigenvalue weighted by atomic mass is 9.47. The molecule has 3 heteroatoms. The molecule has 4 aliphatic carbocycles. The second kappa shape index (κ2) is 10.6. The first-order chi connectivity index (χ1) is 16.2. The van der Waals surface area contributed by atoms with Gasteiger partial charge >= 0.3 is 6.16 Å². The van der Waals surface area contributed by atoms with Crippen LogP contribution in [0.1, 0.15) is 119 Å². The van der Waals surface area contributed by atoms with Gasteiger partial charge in [0.05, 0.1) is 6.61 Å². The number of ether oxygens (including phenoxy) is 2. The Hall–Kier alpha value is -0.990. The molecule has 3 nitrogen and oxygen atoms in total. The second-order valence-electron chi connectivity index (χ2n) is 13.4. The second-order valence-corrected chi connectivity index (χ2v) is 13.4. The van der Waals surface area contributed by atoms with Gasteiger partial charge < -0.3 is 9.47 Å². The fourth-order valence-corrected chi connectivity index (χ4v) is 9.11. The normalized spacial score (nSPS) is 40.1. The first-order valence-corrected chi connectivity index (χ1v) is 14.7. The fourth-order valence-electron chi connectivity index (χ4n) is 9.11. The topological polar surface area (TPSA) is 35.5 Å². The van der Waals surface area contributed by atoms with E-state index < -0.39 is 6.16 Å². The summed E-state index contributed by atoms with van der Waals surface area (Å²) in [7, 11) is 0. The molecule has 194 valence electrons. The molecule has 0 N–H and O–H groups in total. The molecule has 6 unspecified atom stereocenters. The Kier molecular flexibility index (Phi) is 8.10. The molecule has 0 aromatic rings. The molecule has 0 aromatic heterocycles. The summed E-state index contributed by atoms with van der Waals surface area (Å²) in [5, 5.41) is 0. The van der Waals surface area contributed by atoms with Gasteiger partial charge in [-0.1, -0.05) is 72.5 Å². The van der Waals surface area contributed by atoms with Crippen molar-refractivity contribution in [2.45, 2.75) is 125 Å². The lowest BCUT2D eigenvalue weighted by molar-refractivity contribution is -0.0616. The predicted octanol–water partition coefficient (Wildman–Crippen LogP) is 8.96. The van der Waals surface area contributed by atoms with Crippen LogP contribution in [0.3, 0.4) is 0 Å². The van der Waals surface area contributed by atoms with Crippen LogP contribution in [-0.2, 0) is 9.47 Å². The van der Waals surface area contributed by atoms with Crippen molar-refractivity contribution in [2.75, 3.05) is 6.61 Å². The lowest BCUT2D eigenvalue weighted by Crippen LogP contribution is -2.51. The van der Waals surface area contributed by atoms with E-state index in [1.54, 1.807) is 5.57 Å². The van der Waals surface area contributed by atoms with Gasteiger partial charge in [-0.2, -0.15) is 0 Å². The Balaban J connectivity index is 1.41. The van der Waals surface area contributed by atoms with Crippen LogP contribution in [0.25, 0.3) is 0 Å². The van der Waals surface area contributed by atoms with Crippen molar-refractivity contribution in [1.82, 2.24) is 0 Å². The Bertz CT molecular complexity index is 741. The van der Waals surface area contributed by atoms with Gasteiger partial charge in [-0.15, -0.1) is 0 Å². The third kappa shape index (κ3) is 4.96. The summed E-state index contributed by atoms with van der Waals surface area (Å²) in [5.74, 6) is 5.19. The molecule has 0 bridgehead atoms. The van der Waals surface area contributed by atoms with Gasteiger partial charge in [0.25, 0.3) is 0 Å². The van der Waals surface area contributed by atoms with Crippen molar-refractivity contribution in [3.63, 3.8) is 0 Å². The van der Waals surface area contributed by atoms with Gasteiger partial charge in [0, 0.05) is 6.42 Å². The van der Waals surface area contributed by atoms with Crippen LogP contribution in [-0.4, -0.2) is 18.9 Å². The highest BCUT2D eigenvalue weighted by Gasteiger charge is 2.59. The first kappa shape index (κ1) is 26.1. The molecule has 0 radical (unpaired) electrons. The van der Waals surface area contributed by atoms with Gasteiger partial charge in [-0.25, -0.2) is 4.79 Å². The van der Waals surface area contributed by atoms with E-state index in [-0.39, 0.29) is 6.10 Å². The SMILES string of the molecule is CCCOC(=O)O[C@H]1CCC2(C)C(=CCC3C2CCC2(C)C3CCC2[C@H](C)CCCC(C)C)C1. The summed E-state index contributed by atoms with van der Waals surface area (Å²) < 4.78 is 10.9. The van der Waals surface area contributed by atoms with Crippen LogP contribution in [0, 0.1) is 46.3 Å². The smallest absolute Gasteiger partial charge is 0.434 e. The maximum atomic E-state index is 12.0. The predicted molar refractivity (Wildman–Crippen MR) is 140 cm³/mol. The standard InChI is InChI=1S/C31H52O3/c1-7-19-33-29(32)34-24-15-17-30(5)23(20-24)11-12-25-27-14-13-26(22(4)10-8-9-21(2)3)31(27,6)18-16-28(25)30/h11,21-22,24-28H,7-10,12-20H2,1-6H3/t22-,24+,25?,26?,27?,28?,30?,31?/m1/s1. The van der Waals surface area contributed by atoms with E-state index in [0.29, 0.717) is 17.4 Å². The highest BCUT2D eigenvalue weighted by Crippen LogP contribution is 2.67. The molecule has 34 heavy (non-hydrogen) atoms. The molecule has 0 saturated heterocycles. The molecule has 0 aromatic carbocycles. The summed E-state index contributed by atoms with van der Waals surface area (Å²) in [6, 6.07) is 0. The van der Waals surface area contributed by atoms with Crippen molar-refractivity contribution >= 4 is 6.16 Å². The van der Waals surface area contributed by atoms with Crippen LogP contribution in [0.4, 0.5) is 4.79 Å². The number of hydrogen-bond donors (Lipinski definition) is 0. The van der Waals surface area contributed by atoms with E-state index in [2.05, 4.69) is 40.7 Å². The number of carbonyl (C=O) groups excluding carboxylic acids is 1. The lowest BCUT2D eigenvalue weighted by Gasteiger charge is -2.58. The monoisotopic (exact) mass is 472 g/mol. The summed E-state index contributed by atoms with van der Waals surface area (Å²) in [6.45, 7) is 15.0. The molecule has 0 heterocycles. The molecule has 3 fully saturated rings. The van der Waals surface area contributed by atoms with E-state index in [1.807, 2.05) is 6.92 Å². The molecule has 4 rings (SSSR count). The number of carbonyl (C=O) groups is 1. The van der Waals surface area contributed by atoms with E-state index in [4.69, 9.17) is 9.47 Å². The molecule has 0 aliphatic heterocycles. The maximum absolute atomic E-state index is 12.0. The van der Waals surface area contributed by atoms with E-state index in [9.17, 15) is 4.79 Å². The zero-order valence-corrected chi connectivity index (χ0v) is 23.0. The first-order valence-electron chi connectivity index (χ1n) is 14.7. The molecule has 0 spiro atoms. The minimum atomic E-state index is -0.474. The number of fused-ring (bicyclic) bond motifs is 5. The van der Waals surface area contributed by atoms with Crippen LogP contribution >= 0.6 is 0 Å². The molecular weight excluding hydrogens is 420 g/mol. The zero-order valence-electron chi connectivity index (χ0n) is 23.0. The van der Waals surface area contributed by atoms with Gasteiger partial charge in [-0.05, 0) is 97.7 Å². The summed E-state index contributed by atoms with van der Waals surface area (Å²) in [4.78, 5) is 12.0. The molecule has 0 amide bonds. The Labute approximate surface area is 209 Å². The average molecular weight is 473 g/mol. The van der Waals surface area contributed by atoms with Gasteiger partial charge in [-0.3, -0.25) is 0 Å². The summed E-state index contributed by atoms with van der Waals surface area (Å²) in [6.07, 6.45) is 17.2. The van der Waals surface area contributed by atoms with Crippen LogP contribution in [0.15, 0.2) is 11.6 Å². The minimum absolute atomic E-state index is 0.00311. The summed E-state index contributed by atoms with van der Waals surface area (Å²) >= 11 is 0. The summed E-state index contributed by atoms with van der Waals surface area (Å²) in [5.41, 5.74) is 2.43. The zero-order chi connectivity index (χ0) is 24.5. The molecule has 4 aliphatic rings. The Morgan fingerprint density at radius 2 is 1.85 bits per heavy atom. The quantitative estimate of drug-likeness (QED) is 0.261. The number of hydrogen-bond acceptors (Lipinski definition) is 3. The third-order valence-electron chi connectivity index (χ3n) is 10.9. The molecular formula is C31H52O3. The Morgan fingerprint density at radius 3 is 2.59 bits per heavy atom. The van der Waals surface area contributed by atoms with Crippen LogP contribution in [0.2, 0.25) is 0 Å². The fraction of sp³-hybridized carbons (Fsp3) is 0.903. The van der Waals surface area contributed by atoms with Crippen molar-refractivity contribution in [1.29, 1.82) is 0 Å². The van der Waals surface area contributed by atoms with Crippen molar-refractivity contribution in [3.8, 4) is 0 Å². The molecule has 8 atom stereocenters. The van der Waals surface area contributed by atoms with E-state index in [0.717, 1.165) is 61.2 Å². The van der Waals surface area contributed by atoms with Gasteiger partial charge in [0.15, 0.2) is 0 Å². The van der Waals surface area contributed by atoms with Gasteiger partial charge in [0.2, 0.25) is 0 Å². The average Bonchev–Trinajstić information content (AvgIpc) is 3.15.